The Morgan fingerprint density at radius 2 is 1.44 bits per heavy atom. The van der Waals surface area contributed by atoms with Crippen molar-refractivity contribution in [2.45, 2.75) is 30.1 Å². The van der Waals surface area contributed by atoms with Crippen LogP contribution in [0.25, 0.3) is 6.08 Å². The van der Waals surface area contributed by atoms with E-state index in [0.29, 0.717) is 11.3 Å². The normalized spacial score (nSPS) is 15.2. The third-order valence-corrected chi connectivity index (χ3v) is 6.17. The summed E-state index contributed by atoms with van der Waals surface area (Å²) < 4.78 is 0. The number of urea groups is 1. The summed E-state index contributed by atoms with van der Waals surface area (Å²) in [7, 11) is 0. The molecule has 5 nitrogen and oxygen atoms in total. The first-order valence-electron chi connectivity index (χ1n) is 10.3. The number of carbonyl (C=O) groups excluding carboxylic acids is 3. The van der Waals surface area contributed by atoms with E-state index in [-0.39, 0.29) is 5.57 Å². The van der Waals surface area contributed by atoms with Gasteiger partial charge in [-0.05, 0) is 66.9 Å². The van der Waals surface area contributed by atoms with E-state index in [1.165, 1.54) is 11.6 Å². The van der Waals surface area contributed by atoms with Crippen LogP contribution >= 0.6 is 11.8 Å². The minimum absolute atomic E-state index is 0.0805. The molecular weight excluding hydrogens is 420 g/mol. The van der Waals surface area contributed by atoms with Crippen molar-refractivity contribution in [1.82, 2.24) is 5.32 Å². The highest BCUT2D eigenvalue weighted by atomic mass is 32.2. The number of anilines is 1. The van der Waals surface area contributed by atoms with E-state index in [9.17, 15) is 14.4 Å². The molecule has 1 heterocycles. The van der Waals surface area contributed by atoms with Gasteiger partial charge in [0, 0.05) is 9.79 Å². The van der Waals surface area contributed by atoms with Crippen molar-refractivity contribution in [1.29, 1.82) is 0 Å². The van der Waals surface area contributed by atoms with Crippen LogP contribution < -0.4 is 10.2 Å². The average Bonchev–Trinajstić information content (AvgIpc) is 2.79. The molecule has 4 rings (SSSR count). The van der Waals surface area contributed by atoms with Gasteiger partial charge in [0.15, 0.2) is 0 Å². The Morgan fingerprint density at radius 3 is 2.03 bits per heavy atom. The molecule has 0 spiro atoms. The Morgan fingerprint density at radius 1 is 0.844 bits per heavy atom. The second-order valence-corrected chi connectivity index (χ2v) is 8.61. The molecule has 3 aromatic rings. The number of amides is 4. The summed E-state index contributed by atoms with van der Waals surface area (Å²) in [6, 6.07) is 22.2. The van der Waals surface area contributed by atoms with E-state index in [1.54, 1.807) is 23.9 Å². The molecule has 4 amide bonds. The maximum Gasteiger partial charge on any atom is 0.335 e. The van der Waals surface area contributed by atoms with Crippen molar-refractivity contribution >= 4 is 41.4 Å². The van der Waals surface area contributed by atoms with Crippen LogP contribution in [-0.4, -0.2) is 17.8 Å². The minimum Gasteiger partial charge on any atom is -0.273 e. The zero-order valence-electron chi connectivity index (χ0n) is 17.8. The lowest BCUT2D eigenvalue weighted by Crippen LogP contribution is -2.54. The average molecular weight is 443 g/mol. The van der Waals surface area contributed by atoms with E-state index in [2.05, 4.69) is 29.6 Å². The lowest BCUT2D eigenvalue weighted by Gasteiger charge is -2.26. The SMILES string of the molecule is CCc1ccc(N2C(=O)NC(=O)/C(=C\c3ccc(Sc4ccc(C)cc4)cc3)C2=O)cc1. The van der Waals surface area contributed by atoms with Crippen molar-refractivity contribution in [3.05, 3.63) is 95.1 Å². The van der Waals surface area contributed by atoms with Gasteiger partial charge in [0.25, 0.3) is 11.8 Å². The molecule has 3 aromatic carbocycles. The molecule has 0 radical (unpaired) electrons. The predicted molar refractivity (Wildman–Crippen MR) is 127 cm³/mol. The number of barbiturate groups is 1. The van der Waals surface area contributed by atoms with Crippen LogP contribution in [0, 0.1) is 6.92 Å². The Labute approximate surface area is 191 Å². The summed E-state index contributed by atoms with van der Waals surface area (Å²) >= 11 is 1.63. The van der Waals surface area contributed by atoms with Crippen LogP contribution in [0.3, 0.4) is 0 Å². The van der Waals surface area contributed by atoms with Gasteiger partial charge in [0.05, 0.1) is 5.69 Å². The number of aryl methyl sites for hydroxylation is 2. The van der Waals surface area contributed by atoms with E-state index in [4.69, 9.17) is 0 Å². The van der Waals surface area contributed by atoms with Gasteiger partial charge in [0.2, 0.25) is 0 Å². The molecule has 160 valence electrons. The summed E-state index contributed by atoms with van der Waals surface area (Å²) in [4.78, 5) is 40.9. The number of nitrogens with one attached hydrogen (secondary N) is 1. The maximum absolute atomic E-state index is 13.0. The van der Waals surface area contributed by atoms with Crippen molar-refractivity contribution in [3.63, 3.8) is 0 Å². The number of hydrogen-bond acceptors (Lipinski definition) is 4. The fraction of sp³-hybridized carbons (Fsp3) is 0.115. The molecule has 32 heavy (non-hydrogen) atoms. The van der Waals surface area contributed by atoms with Crippen LogP contribution in [0.1, 0.15) is 23.6 Å². The Bertz CT molecular complexity index is 1200. The van der Waals surface area contributed by atoms with E-state index in [1.807, 2.05) is 50.2 Å². The number of imide groups is 2. The monoisotopic (exact) mass is 442 g/mol. The fourth-order valence-electron chi connectivity index (χ4n) is 3.31. The highest BCUT2D eigenvalue weighted by Crippen LogP contribution is 2.29. The second kappa shape index (κ2) is 9.24. The van der Waals surface area contributed by atoms with E-state index >= 15 is 0 Å². The van der Waals surface area contributed by atoms with Gasteiger partial charge < -0.3 is 0 Å². The maximum atomic E-state index is 13.0. The summed E-state index contributed by atoms with van der Waals surface area (Å²) in [5, 5.41) is 2.26. The zero-order chi connectivity index (χ0) is 22.7. The van der Waals surface area contributed by atoms with Crippen molar-refractivity contribution in [3.8, 4) is 0 Å². The van der Waals surface area contributed by atoms with Crippen LogP contribution in [-0.2, 0) is 16.0 Å². The molecule has 0 aliphatic carbocycles. The highest BCUT2D eigenvalue weighted by molar-refractivity contribution is 7.99. The van der Waals surface area contributed by atoms with Gasteiger partial charge >= 0.3 is 6.03 Å². The van der Waals surface area contributed by atoms with Crippen LogP contribution in [0.5, 0.6) is 0 Å². The molecule has 1 saturated heterocycles. The lowest BCUT2D eigenvalue weighted by molar-refractivity contribution is -0.122. The standard InChI is InChI=1S/C26H22N2O3S/c1-3-18-6-10-20(11-7-18)28-25(30)23(24(29)27-26(28)31)16-19-8-14-22(15-9-19)32-21-12-4-17(2)5-13-21/h4-16H,3H2,1-2H3,(H,27,29,31)/b23-16+. The molecule has 0 atom stereocenters. The third kappa shape index (κ3) is 4.65. The molecule has 0 bridgehead atoms. The molecule has 0 aromatic heterocycles. The van der Waals surface area contributed by atoms with Crippen molar-refractivity contribution in [2.75, 3.05) is 4.90 Å². The smallest absolute Gasteiger partial charge is 0.273 e. The van der Waals surface area contributed by atoms with Gasteiger partial charge in [-0.25, -0.2) is 9.69 Å². The molecule has 0 saturated carbocycles. The third-order valence-electron chi connectivity index (χ3n) is 5.15. The minimum atomic E-state index is -0.744. The van der Waals surface area contributed by atoms with Crippen molar-refractivity contribution < 1.29 is 14.4 Å². The zero-order valence-corrected chi connectivity index (χ0v) is 18.6. The van der Waals surface area contributed by atoms with Gasteiger partial charge in [-0.1, -0.05) is 60.6 Å². The Kier molecular flexibility index (Phi) is 6.23. The molecule has 1 aliphatic rings. The topological polar surface area (TPSA) is 66.5 Å². The summed E-state index contributed by atoms with van der Waals surface area (Å²) in [5.41, 5.74) is 3.35. The molecule has 6 heteroatoms. The van der Waals surface area contributed by atoms with Gasteiger partial charge in [0.1, 0.15) is 5.57 Å². The van der Waals surface area contributed by atoms with E-state index < -0.39 is 17.8 Å². The van der Waals surface area contributed by atoms with Crippen molar-refractivity contribution in [2.24, 2.45) is 0 Å². The largest absolute Gasteiger partial charge is 0.335 e. The molecule has 1 fully saturated rings. The van der Waals surface area contributed by atoms with Crippen LogP contribution in [0.4, 0.5) is 10.5 Å². The molecule has 0 unspecified atom stereocenters. The first-order valence-corrected chi connectivity index (χ1v) is 11.1. The quantitative estimate of drug-likeness (QED) is 0.426. The number of carbonyl (C=O) groups is 3. The van der Waals surface area contributed by atoms with Crippen LogP contribution in [0.15, 0.2) is 88.2 Å². The number of hydrogen-bond donors (Lipinski definition) is 1. The Balaban J connectivity index is 1.56. The number of rotatable bonds is 5. The van der Waals surface area contributed by atoms with E-state index in [0.717, 1.165) is 26.7 Å². The van der Waals surface area contributed by atoms with Gasteiger partial charge in [-0.15, -0.1) is 0 Å². The summed E-state index contributed by atoms with van der Waals surface area (Å²) in [5.74, 6) is -1.33. The molecule has 1 aliphatic heterocycles. The predicted octanol–water partition coefficient (Wildman–Crippen LogP) is 5.38. The Hall–Kier alpha value is -3.64. The highest BCUT2D eigenvalue weighted by Gasteiger charge is 2.36. The summed E-state index contributed by atoms with van der Waals surface area (Å²) in [6.07, 6.45) is 2.36. The number of benzene rings is 3. The van der Waals surface area contributed by atoms with Gasteiger partial charge in [-0.3, -0.25) is 14.9 Å². The first-order chi connectivity index (χ1) is 15.4. The number of nitrogens with zero attached hydrogens (tertiary/aromatic N) is 1. The fourth-order valence-corrected chi connectivity index (χ4v) is 4.13. The first kappa shape index (κ1) is 21.6. The lowest BCUT2D eigenvalue weighted by atomic mass is 10.1. The molecular formula is C26H22N2O3S. The molecule has 1 N–H and O–H groups in total. The summed E-state index contributed by atoms with van der Waals surface area (Å²) in [6.45, 7) is 4.08. The van der Waals surface area contributed by atoms with Crippen LogP contribution in [0.2, 0.25) is 0 Å². The van der Waals surface area contributed by atoms with Gasteiger partial charge in [-0.2, -0.15) is 0 Å². The second-order valence-electron chi connectivity index (χ2n) is 7.46.